The highest BCUT2D eigenvalue weighted by Gasteiger charge is 2.20. The molecule has 6 heteroatoms. The highest BCUT2D eigenvalue weighted by Crippen LogP contribution is 2.17. The number of hydrogen-bond donors (Lipinski definition) is 1. The van der Waals surface area contributed by atoms with Crippen LogP contribution < -0.4 is 10.9 Å². The minimum absolute atomic E-state index is 0.0618. The first kappa shape index (κ1) is 15.5. The number of nitrogens with one attached hydrogen (secondary N) is 1. The van der Waals surface area contributed by atoms with E-state index in [1.807, 2.05) is 0 Å². The maximum atomic E-state index is 12.6. The molecule has 0 unspecified atom stereocenters. The van der Waals surface area contributed by atoms with Gasteiger partial charge in [0.2, 0.25) is 0 Å². The van der Waals surface area contributed by atoms with E-state index in [-0.39, 0.29) is 12.1 Å². The van der Waals surface area contributed by atoms with Gasteiger partial charge in [-0.25, -0.2) is 4.98 Å². The normalized spacial score (nSPS) is 13.4. The number of esters is 1. The Morgan fingerprint density at radius 3 is 2.95 bits per heavy atom. The Balaban J connectivity index is 2.38. The van der Waals surface area contributed by atoms with Crippen LogP contribution >= 0.6 is 0 Å². The molecule has 0 atom stereocenters. The van der Waals surface area contributed by atoms with Gasteiger partial charge >= 0.3 is 5.97 Å². The van der Waals surface area contributed by atoms with Crippen molar-refractivity contribution in [2.45, 2.75) is 52.5 Å². The Bertz CT molecular complexity index is 566. The molecule has 0 radical (unpaired) electrons. The smallest absolute Gasteiger partial charge is 0.326 e. The first-order valence-corrected chi connectivity index (χ1v) is 7.69. The van der Waals surface area contributed by atoms with Gasteiger partial charge in [0.05, 0.1) is 12.3 Å². The maximum Gasteiger partial charge on any atom is 0.326 e. The summed E-state index contributed by atoms with van der Waals surface area (Å²) in [6, 6.07) is 0. The lowest BCUT2D eigenvalue weighted by molar-refractivity contribution is -0.143. The number of ether oxygens (including phenoxy) is 1. The number of hydrogen-bond acceptors (Lipinski definition) is 5. The Kier molecular flexibility index (Phi) is 5.36. The Morgan fingerprint density at radius 2 is 2.24 bits per heavy atom. The molecule has 0 amide bonds. The van der Waals surface area contributed by atoms with Crippen LogP contribution in [-0.2, 0) is 28.9 Å². The second kappa shape index (κ2) is 7.24. The zero-order valence-electron chi connectivity index (χ0n) is 12.8. The molecule has 0 saturated carbocycles. The lowest BCUT2D eigenvalue weighted by atomic mass is 10.1. The number of unbranched alkanes of at least 4 members (excludes halogenated alkanes) is 1. The maximum absolute atomic E-state index is 12.6. The van der Waals surface area contributed by atoms with Crippen LogP contribution in [0.15, 0.2) is 4.79 Å². The van der Waals surface area contributed by atoms with Gasteiger partial charge in [-0.1, -0.05) is 13.3 Å². The van der Waals surface area contributed by atoms with E-state index in [2.05, 4.69) is 17.2 Å². The van der Waals surface area contributed by atoms with E-state index >= 15 is 0 Å². The van der Waals surface area contributed by atoms with Gasteiger partial charge in [-0.3, -0.25) is 14.2 Å². The summed E-state index contributed by atoms with van der Waals surface area (Å²) in [6.45, 7) is 4.87. The fourth-order valence-electron chi connectivity index (χ4n) is 2.50. The third-order valence-electron chi connectivity index (χ3n) is 3.56. The molecule has 2 rings (SSSR count). The van der Waals surface area contributed by atoms with Gasteiger partial charge in [0, 0.05) is 13.0 Å². The molecular weight excluding hydrogens is 270 g/mol. The molecule has 1 aromatic rings. The van der Waals surface area contributed by atoms with Crippen LogP contribution in [0.2, 0.25) is 0 Å². The summed E-state index contributed by atoms with van der Waals surface area (Å²) in [4.78, 5) is 28.9. The number of carbonyl (C=O) groups excluding carboxylic acids is 1. The van der Waals surface area contributed by atoms with E-state index in [1.165, 1.54) is 4.57 Å². The summed E-state index contributed by atoms with van der Waals surface area (Å²) >= 11 is 0. The lowest BCUT2D eigenvalue weighted by Gasteiger charge is -2.20. The number of rotatable bonds is 6. The molecule has 0 aromatic carbocycles. The molecule has 2 heterocycles. The van der Waals surface area contributed by atoms with Crippen LogP contribution in [-0.4, -0.2) is 28.7 Å². The second-order valence-corrected chi connectivity index (χ2v) is 5.18. The minimum Gasteiger partial charge on any atom is -0.465 e. The SMILES string of the molecule is CCCCc1nc2c(c(=O)n1CC(=O)OCC)NCCC2. The summed E-state index contributed by atoms with van der Waals surface area (Å²) in [7, 11) is 0. The predicted octanol–water partition coefficient (Wildman–Crippen LogP) is 1.51. The van der Waals surface area contributed by atoms with Gasteiger partial charge in [0.1, 0.15) is 18.1 Å². The molecule has 116 valence electrons. The Labute approximate surface area is 124 Å². The van der Waals surface area contributed by atoms with Crippen molar-refractivity contribution >= 4 is 11.7 Å². The lowest BCUT2D eigenvalue weighted by Crippen LogP contribution is -2.34. The van der Waals surface area contributed by atoms with Gasteiger partial charge in [-0.05, 0) is 26.2 Å². The van der Waals surface area contributed by atoms with Gasteiger partial charge in [-0.15, -0.1) is 0 Å². The number of nitrogens with zero attached hydrogens (tertiary/aromatic N) is 2. The third kappa shape index (κ3) is 3.62. The van der Waals surface area contributed by atoms with Crippen molar-refractivity contribution in [3.8, 4) is 0 Å². The standard InChI is InChI=1S/C15H23N3O3/c1-3-5-8-12-17-11-7-6-9-16-14(11)15(20)18(12)10-13(19)21-4-2/h16H,3-10H2,1-2H3. The van der Waals surface area contributed by atoms with E-state index in [9.17, 15) is 9.59 Å². The van der Waals surface area contributed by atoms with Crippen molar-refractivity contribution in [2.24, 2.45) is 0 Å². The van der Waals surface area contributed by atoms with Crippen LogP contribution in [0, 0.1) is 0 Å². The Morgan fingerprint density at radius 1 is 1.43 bits per heavy atom. The third-order valence-corrected chi connectivity index (χ3v) is 3.56. The number of carbonyl (C=O) groups is 1. The van der Waals surface area contributed by atoms with Gasteiger partial charge < -0.3 is 10.1 Å². The monoisotopic (exact) mass is 293 g/mol. The summed E-state index contributed by atoms with van der Waals surface area (Å²) in [6.07, 6.45) is 4.47. The fourth-order valence-corrected chi connectivity index (χ4v) is 2.50. The van der Waals surface area contributed by atoms with E-state index < -0.39 is 5.97 Å². The summed E-state index contributed by atoms with van der Waals surface area (Å²) in [5, 5.41) is 3.11. The van der Waals surface area contributed by atoms with Crippen molar-refractivity contribution in [2.75, 3.05) is 18.5 Å². The van der Waals surface area contributed by atoms with E-state index in [1.54, 1.807) is 6.92 Å². The fraction of sp³-hybridized carbons (Fsp3) is 0.667. The molecule has 0 spiro atoms. The van der Waals surface area contributed by atoms with Crippen LogP contribution in [0.5, 0.6) is 0 Å². The predicted molar refractivity (Wildman–Crippen MR) is 80.6 cm³/mol. The van der Waals surface area contributed by atoms with Gasteiger partial charge in [0.25, 0.3) is 5.56 Å². The van der Waals surface area contributed by atoms with Gasteiger partial charge in [-0.2, -0.15) is 0 Å². The highest BCUT2D eigenvalue weighted by atomic mass is 16.5. The number of anilines is 1. The number of aromatic nitrogens is 2. The molecule has 0 fully saturated rings. The topological polar surface area (TPSA) is 73.2 Å². The molecule has 1 aromatic heterocycles. The van der Waals surface area contributed by atoms with Crippen molar-refractivity contribution in [3.05, 3.63) is 21.9 Å². The molecular formula is C15H23N3O3. The van der Waals surface area contributed by atoms with Crippen molar-refractivity contribution in [3.63, 3.8) is 0 Å². The molecule has 1 N–H and O–H groups in total. The van der Waals surface area contributed by atoms with Crippen LogP contribution in [0.1, 0.15) is 44.6 Å². The van der Waals surface area contributed by atoms with E-state index in [0.29, 0.717) is 24.5 Å². The zero-order valence-corrected chi connectivity index (χ0v) is 12.8. The van der Waals surface area contributed by atoms with Crippen LogP contribution in [0.3, 0.4) is 0 Å². The largest absolute Gasteiger partial charge is 0.465 e. The molecule has 0 bridgehead atoms. The molecule has 0 saturated heterocycles. The van der Waals surface area contributed by atoms with Crippen molar-refractivity contribution in [1.82, 2.24) is 9.55 Å². The average Bonchev–Trinajstić information content (AvgIpc) is 2.49. The van der Waals surface area contributed by atoms with E-state index in [0.717, 1.165) is 37.9 Å². The van der Waals surface area contributed by atoms with Crippen molar-refractivity contribution in [1.29, 1.82) is 0 Å². The van der Waals surface area contributed by atoms with E-state index in [4.69, 9.17) is 4.74 Å². The number of aryl methyl sites for hydroxylation is 2. The quantitative estimate of drug-likeness (QED) is 0.805. The first-order valence-electron chi connectivity index (χ1n) is 7.69. The Hall–Kier alpha value is -1.85. The average molecular weight is 293 g/mol. The van der Waals surface area contributed by atoms with Crippen LogP contribution in [0.4, 0.5) is 5.69 Å². The molecule has 0 aliphatic carbocycles. The first-order chi connectivity index (χ1) is 10.2. The van der Waals surface area contributed by atoms with Crippen molar-refractivity contribution < 1.29 is 9.53 Å². The highest BCUT2D eigenvalue weighted by molar-refractivity contribution is 5.69. The molecule has 21 heavy (non-hydrogen) atoms. The summed E-state index contributed by atoms with van der Waals surface area (Å²) in [5.74, 6) is 0.298. The number of fused-ring (bicyclic) bond motifs is 1. The second-order valence-electron chi connectivity index (χ2n) is 5.18. The zero-order chi connectivity index (χ0) is 15.2. The summed E-state index contributed by atoms with van der Waals surface area (Å²) < 4.78 is 6.42. The summed E-state index contributed by atoms with van der Waals surface area (Å²) in [5.41, 5.74) is 1.22. The molecule has 6 nitrogen and oxygen atoms in total. The minimum atomic E-state index is -0.394. The van der Waals surface area contributed by atoms with Gasteiger partial charge in [0.15, 0.2) is 0 Å². The molecule has 1 aliphatic heterocycles. The van der Waals surface area contributed by atoms with Crippen LogP contribution in [0.25, 0.3) is 0 Å². The molecule has 1 aliphatic rings.